The molecule has 20 heavy (non-hydrogen) atoms. The number of benzene rings is 2. The summed E-state index contributed by atoms with van der Waals surface area (Å²) in [6.45, 7) is 3.22. The minimum Gasteiger partial charge on any atom is -0.366 e. The highest BCUT2D eigenvalue weighted by atomic mass is 19.1. The van der Waals surface area contributed by atoms with Crippen LogP contribution in [0.2, 0.25) is 0 Å². The van der Waals surface area contributed by atoms with E-state index < -0.39 is 0 Å². The second kappa shape index (κ2) is 6.72. The molecule has 0 aliphatic rings. The molecule has 2 aromatic carbocycles. The van der Waals surface area contributed by atoms with Gasteiger partial charge in [0.2, 0.25) is 0 Å². The zero-order chi connectivity index (χ0) is 14.4. The quantitative estimate of drug-likeness (QED) is 0.817. The minimum absolute atomic E-state index is 0.223. The fraction of sp³-hybridized carbons (Fsp3) is 0.235. The van der Waals surface area contributed by atoms with E-state index in [2.05, 4.69) is 11.0 Å². The van der Waals surface area contributed by atoms with Crippen molar-refractivity contribution in [1.29, 1.82) is 5.26 Å². The predicted octanol–water partition coefficient (Wildman–Crippen LogP) is 4.05. The Bertz CT molecular complexity index is 602. The van der Waals surface area contributed by atoms with Crippen molar-refractivity contribution in [2.75, 3.05) is 11.4 Å². The summed E-state index contributed by atoms with van der Waals surface area (Å²) in [5.74, 6) is -0.223. The molecule has 2 rings (SSSR count). The molecule has 0 aliphatic carbocycles. The van der Waals surface area contributed by atoms with Crippen molar-refractivity contribution in [3.05, 3.63) is 65.5 Å². The predicted molar refractivity (Wildman–Crippen MR) is 78.9 cm³/mol. The average Bonchev–Trinajstić information content (AvgIpc) is 2.48. The number of rotatable bonds is 5. The molecule has 0 aromatic heterocycles. The third kappa shape index (κ3) is 3.58. The molecule has 0 bridgehead atoms. The van der Waals surface area contributed by atoms with Crippen LogP contribution in [0.4, 0.5) is 10.1 Å². The van der Waals surface area contributed by atoms with E-state index in [4.69, 9.17) is 5.26 Å². The highest BCUT2D eigenvalue weighted by molar-refractivity contribution is 5.47. The molecule has 0 saturated heterocycles. The fourth-order valence-electron chi connectivity index (χ4n) is 2.14. The molecule has 0 radical (unpaired) electrons. The van der Waals surface area contributed by atoms with Gasteiger partial charge in [-0.15, -0.1) is 0 Å². The van der Waals surface area contributed by atoms with E-state index in [-0.39, 0.29) is 5.82 Å². The largest absolute Gasteiger partial charge is 0.366 e. The van der Waals surface area contributed by atoms with E-state index in [1.54, 1.807) is 12.1 Å². The molecule has 2 aromatic rings. The maximum atomic E-state index is 13.4. The van der Waals surface area contributed by atoms with Crippen LogP contribution in [0.25, 0.3) is 0 Å². The van der Waals surface area contributed by atoms with Crippen molar-refractivity contribution in [3.63, 3.8) is 0 Å². The lowest BCUT2D eigenvalue weighted by Gasteiger charge is -2.24. The van der Waals surface area contributed by atoms with Gasteiger partial charge in [-0.05, 0) is 42.3 Å². The van der Waals surface area contributed by atoms with Crippen LogP contribution in [0.15, 0.2) is 48.5 Å². The number of halogens is 1. The van der Waals surface area contributed by atoms with Crippen LogP contribution in [0, 0.1) is 24.1 Å². The molecule has 0 saturated carbocycles. The first kappa shape index (κ1) is 14.1. The zero-order valence-electron chi connectivity index (χ0n) is 11.5. The van der Waals surface area contributed by atoms with Crippen LogP contribution in [-0.4, -0.2) is 6.54 Å². The Morgan fingerprint density at radius 3 is 2.60 bits per heavy atom. The third-order valence-electron chi connectivity index (χ3n) is 3.29. The molecule has 3 heteroatoms. The van der Waals surface area contributed by atoms with E-state index in [1.807, 2.05) is 37.3 Å². The third-order valence-corrected chi connectivity index (χ3v) is 3.29. The van der Waals surface area contributed by atoms with E-state index in [1.165, 1.54) is 6.07 Å². The van der Waals surface area contributed by atoms with Gasteiger partial charge in [-0.3, -0.25) is 0 Å². The lowest BCUT2D eigenvalue weighted by Crippen LogP contribution is -2.24. The van der Waals surface area contributed by atoms with Gasteiger partial charge < -0.3 is 4.90 Å². The zero-order valence-corrected chi connectivity index (χ0v) is 11.5. The fourth-order valence-corrected chi connectivity index (χ4v) is 2.14. The molecule has 0 atom stereocenters. The van der Waals surface area contributed by atoms with Crippen molar-refractivity contribution >= 4 is 5.69 Å². The van der Waals surface area contributed by atoms with E-state index in [0.29, 0.717) is 19.5 Å². The van der Waals surface area contributed by atoms with E-state index in [9.17, 15) is 4.39 Å². The van der Waals surface area contributed by atoms with Crippen molar-refractivity contribution in [2.45, 2.75) is 19.9 Å². The molecule has 0 heterocycles. The van der Waals surface area contributed by atoms with Gasteiger partial charge in [0.05, 0.1) is 12.5 Å². The highest BCUT2D eigenvalue weighted by Crippen LogP contribution is 2.19. The summed E-state index contributed by atoms with van der Waals surface area (Å²) >= 11 is 0. The van der Waals surface area contributed by atoms with Gasteiger partial charge in [-0.2, -0.15) is 5.26 Å². The minimum atomic E-state index is -0.223. The normalized spacial score (nSPS) is 10.1. The second-order valence-electron chi connectivity index (χ2n) is 4.74. The van der Waals surface area contributed by atoms with Crippen LogP contribution < -0.4 is 4.90 Å². The molecule has 0 aliphatic heterocycles. The number of aryl methyl sites for hydroxylation is 1. The smallest absolute Gasteiger partial charge is 0.123 e. The van der Waals surface area contributed by atoms with Gasteiger partial charge in [0.15, 0.2) is 0 Å². The monoisotopic (exact) mass is 268 g/mol. The SMILES string of the molecule is Cc1ccc(F)cc1CN(CCC#N)c1ccccc1. The summed E-state index contributed by atoms with van der Waals surface area (Å²) in [6, 6.07) is 16.9. The summed E-state index contributed by atoms with van der Waals surface area (Å²) in [4.78, 5) is 2.10. The first-order chi connectivity index (χ1) is 9.70. The average molecular weight is 268 g/mol. The Kier molecular flexibility index (Phi) is 4.73. The Hall–Kier alpha value is -2.34. The van der Waals surface area contributed by atoms with Crippen molar-refractivity contribution in [3.8, 4) is 6.07 Å². The van der Waals surface area contributed by atoms with Crippen molar-refractivity contribution < 1.29 is 4.39 Å². The summed E-state index contributed by atoms with van der Waals surface area (Å²) in [5.41, 5.74) is 3.06. The molecule has 0 N–H and O–H groups in total. The first-order valence-corrected chi connectivity index (χ1v) is 6.62. The van der Waals surface area contributed by atoms with Crippen LogP contribution in [0.5, 0.6) is 0 Å². The molecule has 102 valence electrons. The summed E-state index contributed by atoms with van der Waals surface area (Å²) in [7, 11) is 0. The number of nitriles is 1. The molecule has 0 fully saturated rings. The van der Waals surface area contributed by atoms with Gasteiger partial charge in [0.25, 0.3) is 0 Å². The number of nitrogens with zero attached hydrogens (tertiary/aromatic N) is 2. The maximum Gasteiger partial charge on any atom is 0.123 e. The van der Waals surface area contributed by atoms with E-state index >= 15 is 0 Å². The van der Waals surface area contributed by atoms with E-state index in [0.717, 1.165) is 16.8 Å². The van der Waals surface area contributed by atoms with Crippen LogP contribution in [-0.2, 0) is 6.54 Å². The molecular weight excluding hydrogens is 251 g/mol. The van der Waals surface area contributed by atoms with Crippen LogP contribution in [0.1, 0.15) is 17.5 Å². The van der Waals surface area contributed by atoms with Gasteiger partial charge in [-0.1, -0.05) is 24.3 Å². The van der Waals surface area contributed by atoms with Crippen LogP contribution >= 0.6 is 0 Å². The lowest BCUT2D eigenvalue weighted by atomic mass is 10.1. The highest BCUT2D eigenvalue weighted by Gasteiger charge is 2.09. The first-order valence-electron chi connectivity index (χ1n) is 6.62. The molecular formula is C17H17FN2. The number of hydrogen-bond acceptors (Lipinski definition) is 2. The Morgan fingerprint density at radius 2 is 1.90 bits per heavy atom. The Morgan fingerprint density at radius 1 is 1.15 bits per heavy atom. The maximum absolute atomic E-state index is 13.4. The Balaban J connectivity index is 2.24. The molecule has 0 amide bonds. The van der Waals surface area contributed by atoms with Crippen molar-refractivity contribution in [1.82, 2.24) is 0 Å². The lowest BCUT2D eigenvalue weighted by molar-refractivity contribution is 0.623. The Labute approximate surface area is 119 Å². The number of para-hydroxylation sites is 1. The van der Waals surface area contributed by atoms with Gasteiger partial charge >= 0.3 is 0 Å². The molecule has 0 unspecified atom stereocenters. The van der Waals surface area contributed by atoms with Gasteiger partial charge in [-0.25, -0.2) is 4.39 Å². The van der Waals surface area contributed by atoms with Gasteiger partial charge in [0.1, 0.15) is 5.82 Å². The van der Waals surface area contributed by atoms with Crippen molar-refractivity contribution in [2.24, 2.45) is 0 Å². The number of hydrogen-bond donors (Lipinski definition) is 0. The topological polar surface area (TPSA) is 27.0 Å². The number of anilines is 1. The standard InChI is InChI=1S/C17H17FN2/c1-14-8-9-16(18)12-15(14)13-20(11-5-10-19)17-6-3-2-4-7-17/h2-4,6-9,12H,5,11,13H2,1H3. The summed E-state index contributed by atoms with van der Waals surface area (Å²) < 4.78 is 13.4. The summed E-state index contributed by atoms with van der Waals surface area (Å²) in [6.07, 6.45) is 0.448. The van der Waals surface area contributed by atoms with Crippen LogP contribution in [0.3, 0.4) is 0 Å². The molecule has 0 spiro atoms. The molecule has 2 nitrogen and oxygen atoms in total. The van der Waals surface area contributed by atoms with Gasteiger partial charge in [0, 0.05) is 18.8 Å². The second-order valence-corrected chi connectivity index (χ2v) is 4.74. The summed E-state index contributed by atoms with van der Waals surface area (Å²) in [5, 5.41) is 8.79.